The Bertz CT molecular complexity index is 488. The standard InChI is InChI=1S/C16H22N2O2/c1-12(13-7-9-18(2)10-8-13)20-16-14(11-17)5-4-6-15(16)19-3/h4-6,12-13H,7-10H2,1-3H3. The fourth-order valence-electron chi connectivity index (χ4n) is 2.67. The van der Waals surface area contributed by atoms with E-state index in [0.29, 0.717) is 23.0 Å². The smallest absolute Gasteiger partial charge is 0.179 e. The number of likely N-dealkylation sites (tertiary alicyclic amines) is 1. The lowest BCUT2D eigenvalue weighted by molar-refractivity contribution is 0.0950. The minimum absolute atomic E-state index is 0.0899. The van der Waals surface area contributed by atoms with Gasteiger partial charge in [-0.05, 0) is 58.0 Å². The van der Waals surface area contributed by atoms with E-state index in [1.54, 1.807) is 13.2 Å². The van der Waals surface area contributed by atoms with E-state index in [1.807, 2.05) is 12.1 Å². The summed E-state index contributed by atoms with van der Waals surface area (Å²) in [6.07, 6.45) is 2.36. The van der Waals surface area contributed by atoms with E-state index in [-0.39, 0.29) is 6.10 Å². The second-order valence-corrected chi connectivity index (χ2v) is 5.41. The maximum absolute atomic E-state index is 9.20. The summed E-state index contributed by atoms with van der Waals surface area (Å²) in [7, 11) is 3.75. The molecule has 0 saturated carbocycles. The van der Waals surface area contributed by atoms with Gasteiger partial charge in [-0.1, -0.05) is 6.07 Å². The van der Waals surface area contributed by atoms with Gasteiger partial charge in [0.15, 0.2) is 11.5 Å². The monoisotopic (exact) mass is 274 g/mol. The second-order valence-electron chi connectivity index (χ2n) is 5.41. The van der Waals surface area contributed by atoms with Crippen molar-refractivity contribution in [2.45, 2.75) is 25.9 Å². The van der Waals surface area contributed by atoms with Crippen molar-refractivity contribution in [3.05, 3.63) is 23.8 Å². The van der Waals surface area contributed by atoms with Gasteiger partial charge in [0.1, 0.15) is 6.07 Å². The number of para-hydroxylation sites is 1. The molecule has 4 heteroatoms. The summed E-state index contributed by atoms with van der Waals surface area (Å²) in [6.45, 7) is 4.30. The van der Waals surface area contributed by atoms with Crippen LogP contribution in [0.3, 0.4) is 0 Å². The van der Waals surface area contributed by atoms with Crippen LogP contribution in [0.15, 0.2) is 18.2 Å². The van der Waals surface area contributed by atoms with Crippen molar-refractivity contribution in [2.75, 3.05) is 27.2 Å². The Kier molecular flexibility index (Phi) is 4.86. The van der Waals surface area contributed by atoms with Gasteiger partial charge in [-0.25, -0.2) is 0 Å². The minimum Gasteiger partial charge on any atom is -0.493 e. The number of piperidine rings is 1. The molecule has 0 bridgehead atoms. The molecule has 20 heavy (non-hydrogen) atoms. The first-order valence-corrected chi connectivity index (χ1v) is 7.08. The highest BCUT2D eigenvalue weighted by Crippen LogP contribution is 2.33. The summed E-state index contributed by atoms with van der Waals surface area (Å²) in [5, 5.41) is 9.20. The van der Waals surface area contributed by atoms with Gasteiger partial charge in [0.25, 0.3) is 0 Å². The van der Waals surface area contributed by atoms with Crippen LogP contribution in [0, 0.1) is 17.2 Å². The van der Waals surface area contributed by atoms with Crippen LogP contribution in [0.5, 0.6) is 11.5 Å². The SMILES string of the molecule is COc1cccc(C#N)c1OC(C)C1CCN(C)CC1. The van der Waals surface area contributed by atoms with Crippen molar-refractivity contribution in [1.29, 1.82) is 5.26 Å². The molecule has 1 aliphatic rings. The van der Waals surface area contributed by atoms with Gasteiger partial charge in [-0.3, -0.25) is 0 Å². The van der Waals surface area contributed by atoms with Gasteiger partial charge in [0.05, 0.1) is 18.8 Å². The third kappa shape index (κ3) is 3.23. The fraction of sp³-hybridized carbons (Fsp3) is 0.562. The molecule has 2 rings (SSSR count). The van der Waals surface area contributed by atoms with Crippen molar-refractivity contribution < 1.29 is 9.47 Å². The molecule has 0 aliphatic carbocycles. The Hall–Kier alpha value is -1.73. The van der Waals surface area contributed by atoms with E-state index >= 15 is 0 Å². The number of hydrogen-bond acceptors (Lipinski definition) is 4. The van der Waals surface area contributed by atoms with Crippen molar-refractivity contribution in [1.82, 2.24) is 4.90 Å². The molecule has 0 N–H and O–H groups in total. The van der Waals surface area contributed by atoms with E-state index in [9.17, 15) is 5.26 Å². The lowest BCUT2D eigenvalue weighted by atomic mass is 9.92. The summed E-state index contributed by atoms with van der Waals surface area (Å²) in [5.41, 5.74) is 0.532. The summed E-state index contributed by atoms with van der Waals surface area (Å²) >= 11 is 0. The van der Waals surface area contributed by atoms with Gasteiger partial charge >= 0.3 is 0 Å². The Labute approximate surface area is 120 Å². The summed E-state index contributed by atoms with van der Waals surface area (Å²) in [4.78, 5) is 2.34. The predicted molar refractivity (Wildman–Crippen MR) is 78.0 cm³/mol. The van der Waals surface area contributed by atoms with Crippen LogP contribution in [0.4, 0.5) is 0 Å². The van der Waals surface area contributed by atoms with Gasteiger partial charge < -0.3 is 14.4 Å². The van der Waals surface area contributed by atoms with Crippen LogP contribution in [0.1, 0.15) is 25.3 Å². The summed E-state index contributed by atoms with van der Waals surface area (Å²) in [6, 6.07) is 7.58. The molecule has 1 fully saturated rings. The number of nitriles is 1. The molecule has 0 spiro atoms. The highest BCUT2D eigenvalue weighted by molar-refractivity contribution is 5.52. The zero-order chi connectivity index (χ0) is 14.5. The first kappa shape index (κ1) is 14.7. The maximum atomic E-state index is 9.20. The molecular formula is C16H22N2O2. The van der Waals surface area contributed by atoms with E-state index in [1.165, 1.54) is 0 Å². The maximum Gasteiger partial charge on any atom is 0.179 e. The predicted octanol–water partition coefficient (Wildman–Crippen LogP) is 2.68. The highest BCUT2D eigenvalue weighted by atomic mass is 16.5. The van der Waals surface area contributed by atoms with E-state index in [4.69, 9.17) is 9.47 Å². The number of ether oxygens (including phenoxy) is 2. The quantitative estimate of drug-likeness (QED) is 0.847. The van der Waals surface area contributed by atoms with Gasteiger partial charge in [-0.2, -0.15) is 5.26 Å². The van der Waals surface area contributed by atoms with Crippen LogP contribution in [-0.2, 0) is 0 Å². The number of rotatable bonds is 4. The van der Waals surface area contributed by atoms with Crippen LogP contribution >= 0.6 is 0 Å². The zero-order valence-corrected chi connectivity index (χ0v) is 12.4. The van der Waals surface area contributed by atoms with E-state index in [0.717, 1.165) is 25.9 Å². The molecule has 108 valence electrons. The molecule has 0 aromatic heterocycles. The molecule has 1 aromatic carbocycles. The van der Waals surface area contributed by atoms with Crippen molar-refractivity contribution in [2.24, 2.45) is 5.92 Å². The average molecular weight is 274 g/mol. The molecular weight excluding hydrogens is 252 g/mol. The van der Waals surface area contributed by atoms with Crippen LogP contribution in [0.2, 0.25) is 0 Å². The van der Waals surface area contributed by atoms with Crippen LogP contribution in [0.25, 0.3) is 0 Å². The fourth-order valence-corrected chi connectivity index (χ4v) is 2.67. The first-order chi connectivity index (χ1) is 9.65. The Balaban J connectivity index is 2.11. The summed E-state index contributed by atoms with van der Waals surface area (Å²) in [5.74, 6) is 1.73. The number of hydrogen-bond donors (Lipinski definition) is 0. The van der Waals surface area contributed by atoms with Crippen LogP contribution < -0.4 is 9.47 Å². The Morgan fingerprint density at radius 2 is 2.05 bits per heavy atom. The molecule has 1 atom stereocenters. The largest absolute Gasteiger partial charge is 0.493 e. The molecule has 1 aliphatic heterocycles. The zero-order valence-electron chi connectivity index (χ0n) is 12.4. The molecule has 4 nitrogen and oxygen atoms in total. The molecule has 1 aromatic rings. The molecule has 0 amide bonds. The highest BCUT2D eigenvalue weighted by Gasteiger charge is 2.25. The molecule has 1 saturated heterocycles. The summed E-state index contributed by atoms with van der Waals surface area (Å²) < 4.78 is 11.4. The molecule has 0 radical (unpaired) electrons. The number of methoxy groups -OCH3 is 1. The lowest BCUT2D eigenvalue weighted by Gasteiger charge is -2.33. The average Bonchev–Trinajstić information content (AvgIpc) is 2.48. The van der Waals surface area contributed by atoms with E-state index in [2.05, 4.69) is 24.9 Å². The van der Waals surface area contributed by atoms with Crippen LogP contribution in [-0.4, -0.2) is 38.3 Å². The van der Waals surface area contributed by atoms with Crippen molar-refractivity contribution in [3.8, 4) is 17.6 Å². The Morgan fingerprint density at radius 3 is 2.65 bits per heavy atom. The number of nitrogens with zero attached hydrogens (tertiary/aromatic N) is 2. The molecule has 1 unspecified atom stereocenters. The first-order valence-electron chi connectivity index (χ1n) is 7.08. The van der Waals surface area contributed by atoms with Gasteiger partial charge in [0.2, 0.25) is 0 Å². The van der Waals surface area contributed by atoms with Crippen molar-refractivity contribution in [3.63, 3.8) is 0 Å². The van der Waals surface area contributed by atoms with Gasteiger partial charge in [-0.15, -0.1) is 0 Å². The number of benzene rings is 1. The normalized spacial score (nSPS) is 18.3. The third-order valence-electron chi connectivity index (χ3n) is 4.05. The second kappa shape index (κ2) is 6.62. The van der Waals surface area contributed by atoms with Gasteiger partial charge in [0, 0.05) is 0 Å². The lowest BCUT2D eigenvalue weighted by Crippen LogP contribution is -2.36. The van der Waals surface area contributed by atoms with Crippen molar-refractivity contribution >= 4 is 0 Å². The topological polar surface area (TPSA) is 45.5 Å². The third-order valence-corrected chi connectivity index (χ3v) is 4.05. The Morgan fingerprint density at radius 1 is 1.35 bits per heavy atom. The molecule has 1 heterocycles. The minimum atomic E-state index is 0.0899. The van der Waals surface area contributed by atoms with E-state index < -0.39 is 0 Å².